The van der Waals surface area contributed by atoms with Gasteiger partial charge in [0, 0.05) is 18.3 Å². The van der Waals surface area contributed by atoms with Crippen LogP contribution in [0.3, 0.4) is 0 Å². The lowest BCUT2D eigenvalue weighted by molar-refractivity contribution is 0.360. The maximum absolute atomic E-state index is 4.68. The first-order valence-corrected chi connectivity index (χ1v) is 9.74. The fourth-order valence-corrected chi connectivity index (χ4v) is 5.85. The van der Waals surface area contributed by atoms with Crippen LogP contribution in [-0.4, -0.2) is 33.6 Å². The van der Waals surface area contributed by atoms with Gasteiger partial charge in [-0.1, -0.05) is 60.4 Å². The summed E-state index contributed by atoms with van der Waals surface area (Å²) in [5.74, 6) is 0. The van der Waals surface area contributed by atoms with Crippen LogP contribution in [0.1, 0.15) is 30.9 Å². The normalized spacial score (nSPS) is 28.3. The standard InChI is InChI=1S/C19H24N4S/c1-5-13(3)23-11-10-16-17(23)19-22-21-14(4)24(19)18(20-16)15-8-6-12(2)7-9-15/h6-9,16-17,20-21H,3-5,10-11H2,1-2H3. The van der Waals surface area contributed by atoms with Gasteiger partial charge in [-0.15, -0.1) is 0 Å². The molecule has 0 bridgehead atoms. The molecule has 24 heavy (non-hydrogen) atoms. The van der Waals surface area contributed by atoms with Gasteiger partial charge >= 0.3 is 0 Å². The van der Waals surface area contributed by atoms with Gasteiger partial charge < -0.3 is 4.90 Å². The van der Waals surface area contributed by atoms with Gasteiger partial charge in [-0.05, 0) is 25.3 Å². The summed E-state index contributed by atoms with van der Waals surface area (Å²) < 4.78 is 0. The summed E-state index contributed by atoms with van der Waals surface area (Å²) in [6.07, 6.45) is 2.09. The fourth-order valence-electron chi connectivity index (χ4n) is 3.69. The minimum absolute atomic E-state index is 0.208. The molecule has 0 aromatic heterocycles. The molecule has 5 heteroatoms. The number of fused-ring (bicyclic) bond motifs is 3. The first-order chi connectivity index (χ1) is 11.6. The molecule has 4 nitrogen and oxygen atoms in total. The third-order valence-electron chi connectivity index (χ3n) is 5.05. The predicted octanol–water partition coefficient (Wildman–Crippen LogP) is 3.10. The van der Waals surface area contributed by atoms with Crippen LogP contribution < -0.4 is 10.7 Å². The summed E-state index contributed by atoms with van der Waals surface area (Å²) in [7, 11) is -0.208. The van der Waals surface area contributed by atoms with Crippen molar-refractivity contribution < 1.29 is 0 Å². The second-order valence-electron chi connectivity index (χ2n) is 6.58. The van der Waals surface area contributed by atoms with Gasteiger partial charge in [-0.2, -0.15) is 5.10 Å². The number of hydrogen-bond acceptors (Lipinski definition) is 4. The summed E-state index contributed by atoms with van der Waals surface area (Å²) in [6.45, 7) is 13.8. The molecule has 3 atom stereocenters. The van der Waals surface area contributed by atoms with E-state index < -0.39 is 0 Å². The zero-order valence-corrected chi connectivity index (χ0v) is 15.1. The molecular weight excluding hydrogens is 316 g/mol. The van der Waals surface area contributed by atoms with E-state index in [-0.39, 0.29) is 10.5 Å². The molecule has 0 aliphatic carbocycles. The van der Waals surface area contributed by atoms with Gasteiger partial charge in [-0.25, -0.2) is 0 Å². The van der Waals surface area contributed by atoms with Crippen LogP contribution in [0.5, 0.6) is 0 Å². The molecule has 3 heterocycles. The highest BCUT2D eigenvalue weighted by Gasteiger charge is 2.45. The van der Waals surface area contributed by atoms with Crippen molar-refractivity contribution >= 4 is 20.5 Å². The van der Waals surface area contributed by atoms with Crippen LogP contribution in [-0.2, 0) is 0 Å². The van der Waals surface area contributed by atoms with Crippen molar-refractivity contribution in [3.8, 4) is 0 Å². The quantitative estimate of drug-likeness (QED) is 0.831. The average molecular weight is 340 g/mol. The molecule has 1 aromatic rings. The third-order valence-corrected chi connectivity index (χ3v) is 7.14. The number of nitrogens with one attached hydrogen (secondary N) is 2. The number of hydrazone groups is 1. The number of hydrogen-bond donors (Lipinski definition) is 2. The highest BCUT2D eigenvalue weighted by Crippen LogP contribution is 2.41. The molecule has 2 N–H and O–H groups in total. The number of aryl methyl sites for hydroxylation is 1. The van der Waals surface area contributed by atoms with Crippen LogP contribution in [0.15, 0.2) is 53.3 Å². The molecule has 4 rings (SSSR count). The molecule has 0 radical (unpaired) electrons. The SMILES string of the molecule is C=C(CC)N1CCC2NC(c3ccc(C)cc3)=S3C(=C)NN=C3C21. The van der Waals surface area contributed by atoms with Gasteiger partial charge in [0.25, 0.3) is 0 Å². The Balaban J connectivity index is 1.80. The van der Waals surface area contributed by atoms with Crippen LogP contribution in [0, 0.1) is 6.92 Å². The Bertz CT molecular complexity index is 775. The zero-order chi connectivity index (χ0) is 16.8. The highest BCUT2D eigenvalue weighted by molar-refractivity contribution is 8.32. The molecular formula is C19H24N4S. The molecule has 1 aromatic carbocycles. The van der Waals surface area contributed by atoms with Crippen molar-refractivity contribution in [2.75, 3.05) is 6.54 Å². The summed E-state index contributed by atoms with van der Waals surface area (Å²) in [4.78, 5) is 3.69. The summed E-state index contributed by atoms with van der Waals surface area (Å²) in [6, 6.07) is 9.42. The van der Waals surface area contributed by atoms with Crippen LogP contribution in [0.4, 0.5) is 0 Å². The van der Waals surface area contributed by atoms with E-state index >= 15 is 0 Å². The lowest BCUT2D eigenvalue weighted by atomic mass is 10.1. The highest BCUT2D eigenvalue weighted by atomic mass is 32.2. The van der Waals surface area contributed by atoms with E-state index in [9.17, 15) is 0 Å². The molecule has 3 unspecified atom stereocenters. The molecule has 1 fully saturated rings. The van der Waals surface area contributed by atoms with Crippen LogP contribution >= 0.6 is 10.5 Å². The van der Waals surface area contributed by atoms with E-state index in [1.54, 1.807) is 0 Å². The average Bonchev–Trinajstić information content (AvgIpc) is 3.18. The zero-order valence-electron chi connectivity index (χ0n) is 14.3. The Kier molecular flexibility index (Phi) is 3.85. The largest absolute Gasteiger partial charge is 0.364 e. The van der Waals surface area contributed by atoms with Crippen LogP contribution in [0.25, 0.3) is 0 Å². The predicted molar refractivity (Wildman–Crippen MR) is 104 cm³/mol. The van der Waals surface area contributed by atoms with E-state index in [1.807, 2.05) is 0 Å². The molecule has 0 amide bonds. The van der Waals surface area contributed by atoms with Crippen molar-refractivity contribution in [1.82, 2.24) is 15.6 Å². The summed E-state index contributed by atoms with van der Waals surface area (Å²) in [5.41, 5.74) is 6.87. The Morgan fingerprint density at radius 3 is 2.83 bits per heavy atom. The van der Waals surface area contributed by atoms with E-state index in [2.05, 4.69) is 72.0 Å². The fraction of sp³-hybridized carbons (Fsp3) is 0.368. The number of nitrogens with zero attached hydrogens (tertiary/aromatic N) is 2. The summed E-state index contributed by atoms with van der Waals surface area (Å²) >= 11 is 0. The van der Waals surface area contributed by atoms with Crippen LogP contribution in [0.2, 0.25) is 0 Å². The first kappa shape index (κ1) is 15.7. The molecule has 126 valence electrons. The van der Waals surface area contributed by atoms with Gasteiger partial charge in [0.05, 0.1) is 16.1 Å². The van der Waals surface area contributed by atoms with Gasteiger partial charge in [0.2, 0.25) is 0 Å². The maximum atomic E-state index is 4.68. The van der Waals surface area contributed by atoms with E-state index in [0.717, 1.165) is 24.4 Å². The molecule has 0 saturated carbocycles. The summed E-state index contributed by atoms with van der Waals surface area (Å²) in [5, 5.41) is 10.7. The second kappa shape index (κ2) is 5.90. The number of likely N-dealkylation sites (tertiary alicyclic amines) is 1. The van der Waals surface area contributed by atoms with Crippen molar-refractivity contribution in [3.05, 3.63) is 59.3 Å². The first-order valence-electron chi connectivity index (χ1n) is 8.52. The Morgan fingerprint density at radius 1 is 1.38 bits per heavy atom. The monoisotopic (exact) mass is 340 g/mol. The van der Waals surface area contributed by atoms with Crippen molar-refractivity contribution in [1.29, 1.82) is 0 Å². The molecule has 0 spiro atoms. The topological polar surface area (TPSA) is 39.7 Å². The smallest absolute Gasteiger partial charge is 0.119 e. The van der Waals surface area contributed by atoms with Gasteiger partial charge in [0.1, 0.15) is 5.04 Å². The number of benzene rings is 1. The Labute approximate surface area is 146 Å². The van der Waals surface area contributed by atoms with Crippen molar-refractivity contribution in [2.24, 2.45) is 5.10 Å². The Morgan fingerprint density at radius 2 is 2.12 bits per heavy atom. The van der Waals surface area contributed by atoms with E-state index in [1.165, 1.54) is 26.9 Å². The molecule has 3 aliphatic rings. The lowest BCUT2D eigenvalue weighted by Gasteiger charge is -2.36. The minimum Gasteiger partial charge on any atom is -0.364 e. The minimum atomic E-state index is -0.208. The van der Waals surface area contributed by atoms with E-state index in [0.29, 0.717) is 12.1 Å². The van der Waals surface area contributed by atoms with Crippen molar-refractivity contribution in [3.63, 3.8) is 0 Å². The third kappa shape index (κ3) is 2.34. The second-order valence-corrected chi connectivity index (χ2v) is 8.52. The van der Waals surface area contributed by atoms with E-state index in [4.69, 9.17) is 0 Å². The molecule has 1 saturated heterocycles. The van der Waals surface area contributed by atoms with Crippen molar-refractivity contribution in [2.45, 2.75) is 38.8 Å². The van der Waals surface area contributed by atoms with Gasteiger partial charge in [-0.3, -0.25) is 10.7 Å². The maximum Gasteiger partial charge on any atom is 0.119 e. The van der Waals surface area contributed by atoms with Gasteiger partial charge in [0.15, 0.2) is 0 Å². The number of rotatable bonds is 3. The number of allylic oxidation sites excluding steroid dienone is 1. The Hall–Kier alpha value is -1.85. The molecule has 3 aliphatic heterocycles. The lowest BCUT2D eigenvalue weighted by Crippen LogP contribution is -2.52.